The van der Waals surface area contributed by atoms with E-state index in [2.05, 4.69) is 12.1 Å². The largest absolute Gasteiger partial charge is 0.493 e. The van der Waals surface area contributed by atoms with Crippen molar-refractivity contribution in [1.29, 1.82) is 0 Å². The van der Waals surface area contributed by atoms with Gasteiger partial charge in [-0.2, -0.15) is 0 Å². The van der Waals surface area contributed by atoms with Gasteiger partial charge in [-0.15, -0.1) is 0 Å². The summed E-state index contributed by atoms with van der Waals surface area (Å²) < 4.78 is 28.4. The summed E-state index contributed by atoms with van der Waals surface area (Å²) in [4.78, 5) is 0. The lowest BCUT2D eigenvalue weighted by atomic mass is 9.93. The molecule has 4 nitrogen and oxygen atoms in total. The minimum Gasteiger partial charge on any atom is -0.493 e. The fourth-order valence-corrected chi connectivity index (χ4v) is 5.02. The Balaban J connectivity index is 1.57. The van der Waals surface area contributed by atoms with E-state index in [4.69, 9.17) is 10.5 Å². The van der Waals surface area contributed by atoms with Gasteiger partial charge in [-0.25, -0.2) is 8.42 Å². The number of aryl methyl sites for hydroxylation is 1. The number of fused-ring (bicyclic) bond motifs is 1. The quantitative estimate of drug-likeness (QED) is 0.909. The summed E-state index contributed by atoms with van der Waals surface area (Å²) in [6.45, 7) is 0.776. The predicted molar refractivity (Wildman–Crippen MR) is 78.7 cm³/mol. The zero-order chi connectivity index (χ0) is 14.2. The number of hydrogen-bond acceptors (Lipinski definition) is 4. The summed E-state index contributed by atoms with van der Waals surface area (Å²) >= 11 is 0. The molecule has 1 aromatic rings. The first kappa shape index (κ1) is 13.9. The topological polar surface area (TPSA) is 69.4 Å². The number of nitrogens with two attached hydrogens (primary N) is 1. The normalized spacial score (nSPS) is 25.1. The lowest BCUT2D eigenvalue weighted by Crippen LogP contribution is -2.31. The summed E-state index contributed by atoms with van der Waals surface area (Å²) in [5.74, 6) is 1.71. The Morgan fingerprint density at radius 2 is 2.25 bits per heavy atom. The maximum Gasteiger partial charge on any atom is 0.150 e. The Morgan fingerprint density at radius 1 is 1.40 bits per heavy atom. The van der Waals surface area contributed by atoms with Crippen LogP contribution in [0, 0.1) is 5.92 Å². The first-order valence-electron chi connectivity index (χ1n) is 7.24. The van der Waals surface area contributed by atoms with Crippen molar-refractivity contribution in [3.8, 4) is 5.75 Å². The van der Waals surface area contributed by atoms with Gasteiger partial charge in [-0.05, 0) is 42.4 Å². The Hall–Kier alpha value is -1.07. The molecule has 0 spiro atoms. The van der Waals surface area contributed by atoms with Crippen molar-refractivity contribution in [3.05, 3.63) is 29.3 Å². The zero-order valence-corrected chi connectivity index (χ0v) is 12.4. The molecule has 0 bridgehead atoms. The van der Waals surface area contributed by atoms with Crippen molar-refractivity contribution >= 4 is 9.84 Å². The minimum atomic E-state index is -2.83. The monoisotopic (exact) mass is 295 g/mol. The number of hydrogen-bond donors (Lipinski definition) is 1. The van der Waals surface area contributed by atoms with Crippen LogP contribution in [-0.2, 0) is 22.7 Å². The predicted octanol–water partition coefficient (Wildman–Crippen LogP) is 1.32. The van der Waals surface area contributed by atoms with E-state index in [1.165, 1.54) is 11.1 Å². The highest BCUT2D eigenvalue weighted by atomic mass is 32.2. The maximum absolute atomic E-state index is 11.5. The maximum atomic E-state index is 11.5. The van der Waals surface area contributed by atoms with Gasteiger partial charge in [0.1, 0.15) is 5.75 Å². The molecule has 5 heteroatoms. The van der Waals surface area contributed by atoms with Gasteiger partial charge in [-0.3, -0.25) is 0 Å². The van der Waals surface area contributed by atoms with Gasteiger partial charge >= 0.3 is 0 Å². The molecule has 2 atom stereocenters. The lowest BCUT2D eigenvalue weighted by molar-refractivity contribution is 0.357. The third kappa shape index (κ3) is 2.99. The molecule has 2 heterocycles. The molecular formula is C15H21NO3S. The summed E-state index contributed by atoms with van der Waals surface area (Å²) in [5.41, 5.74) is 8.72. The number of sulfone groups is 1. The van der Waals surface area contributed by atoms with Crippen LogP contribution in [0.4, 0.5) is 0 Å². The van der Waals surface area contributed by atoms with E-state index in [1.54, 1.807) is 0 Å². The smallest absolute Gasteiger partial charge is 0.150 e. The van der Waals surface area contributed by atoms with E-state index in [0.717, 1.165) is 38.0 Å². The summed E-state index contributed by atoms with van der Waals surface area (Å²) in [6.07, 6.45) is 3.46. The van der Waals surface area contributed by atoms with Crippen LogP contribution >= 0.6 is 0 Å². The second-order valence-corrected chi connectivity index (χ2v) is 8.13. The van der Waals surface area contributed by atoms with Crippen LogP contribution in [0.2, 0.25) is 0 Å². The van der Waals surface area contributed by atoms with E-state index in [9.17, 15) is 8.42 Å². The highest BCUT2D eigenvalue weighted by molar-refractivity contribution is 7.91. The molecule has 1 aromatic carbocycles. The molecule has 2 aliphatic rings. The SMILES string of the molecule is NC(CCc1ccc2c(c1)CCO2)C1CCS(=O)(=O)C1. The zero-order valence-electron chi connectivity index (χ0n) is 11.5. The molecule has 0 radical (unpaired) electrons. The van der Waals surface area contributed by atoms with Gasteiger partial charge in [0.2, 0.25) is 0 Å². The molecule has 1 saturated heterocycles. The molecule has 3 rings (SSSR count). The molecule has 0 saturated carbocycles. The minimum absolute atomic E-state index is 0.0169. The Morgan fingerprint density at radius 3 is 3.00 bits per heavy atom. The van der Waals surface area contributed by atoms with Crippen molar-refractivity contribution in [3.63, 3.8) is 0 Å². The number of rotatable bonds is 4. The second-order valence-electron chi connectivity index (χ2n) is 5.91. The number of benzene rings is 1. The molecule has 0 aromatic heterocycles. The molecule has 2 unspecified atom stereocenters. The summed E-state index contributed by atoms with van der Waals surface area (Å²) in [6, 6.07) is 6.29. The average Bonchev–Trinajstić information content (AvgIpc) is 3.01. The van der Waals surface area contributed by atoms with Gasteiger partial charge in [0.05, 0.1) is 18.1 Å². The molecule has 20 heavy (non-hydrogen) atoms. The van der Waals surface area contributed by atoms with E-state index < -0.39 is 9.84 Å². The molecule has 110 valence electrons. The highest BCUT2D eigenvalue weighted by Crippen LogP contribution is 2.27. The summed E-state index contributed by atoms with van der Waals surface area (Å²) in [5, 5.41) is 0. The number of ether oxygens (including phenoxy) is 1. The Labute approximate surface area is 120 Å². The van der Waals surface area contributed by atoms with E-state index in [1.807, 2.05) is 6.07 Å². The van der Waals surface area contributed by atoms with Crippen LogP contribution in [-0.4, -0.2) is 32.6 Å². The molecule has 0 amide bonds. The van der Waals surface area contributed by atoms with E-state index in [-0.39, 0.29) is 17.7 Å². The second kappa shape index (κ2) is 5.37. The van der Waals surface area contributed by atoms with Crippen LogP contribution in [0.15, 0.2) is 18.2 Å². The van der Waals surface area contributed by atoms with Crippen LogP contribution in [0.25, 0.3) is 0 Å². The van der Waals surface area contributed by atoms with Crippen LogP contribution in [0.3, 0.4) is 0 Å². The fourth-order valence-electron chi connectivity index (χ4n) is 3.13. The molecule has 1 fully saturated rings. The van der Waals surface area contributed by atoms with Crippen LogP contribution in [0.1, 0.15) is 24.0 Å². The van der Waals surface area contributed by atoms with E-state index >= 15 is 0 Å². The Kier molecular flexibility index (Phi) is 3.73. The third-order valence-electron chi connectivity index (χ3n) is 4.39. The van der Waals surface area contributed by atoms with Crippen LogP contribution in [0.5, 0.6) is 5.75 Å². The standard InChI is InChI=1S/C15H21NO3S/c16-14(13-6-8-20(17,18)10-13)3-1-11-2-4-15-12(9-11)5-7-19-15/h2,4,9,13-14H,1,3,5-8,10,16H2. The van der Waals surface area contributed by atoms with Gasteiger partial charge in [0.15, 0.2) is 9.84 Å². The van der Waals surface area contributed by atoms with Crippen molar-refractivity contribution < 1.29 is 13.2 Å². The van der Waals surface area contributed by atoms with E-state index in [0.29, 0.717) is 5.75 Å². The molecule has 2 aliphatic heterocycles. The lowest BCUT2D eigenvalue weighted by Gasteiger charge is -2.17. The first-order chi connectivity index (χ1) is 9.53. The first-order valence-corrected chi connectivity index (χ1v) is 9.06. The van der Waals surface area contributed by atoms with Crippen molar-refractivity contribution in [1.82, 2.24) is 0 Å². The summed E-state index contributed by atoms with van der Waals surface area (Å²) in [7, 11) is -2.83. The average molecular weight is 295 g/mol. The molecule has 2 N–H and O–H groups in total. The van der Waals surface area contributed by atoms with Crippen molar-refractivity contribution in [2.45, 2.75) is 31.7 Å². The highest BCUT2D eigenvalue weighted by Gasteiger charge is 2.31. The van der Waals surface area contributed by atoms with Gasteiger partial charge in [0.25, 0.3) is 0 Å². The van der Waals surface area contributed by atoms with Crippen LogP contribution < -0.4 is 10.5 Å². The van der Waals surface area contributed by atoms with Gasteiger partial charge in [-0.1, -0.05) is 12.1 Å². The molecule has 0 aliphatic carbocycles. The van der Waals surface area contributed by atoms with Gasteiger partial charge < -0.3 is 10.5 Å². The van der Waals surface area contributed by atoms with Crippen molar-refractivity contribution in [2.24, 2.45) is 11.7 Å². The third-order valence-corrected chi connectivity index (χ3v) is 6.19. The molecular weight excluding hydrogens is 274 g/mol. The van der Waals surface area contributed by atoms with Gasteiger partial charge in [0, 0.05) is 12.5 Å². The van der Waals surface area contributed by atoms with Crippen molar-refractivity contribution in [2.75, 3.05) is 18.1 Å². The Bertz CT molecular complexity index is 597. The fraction of sp³-hybridized carbons (Fsp3) is 0.600.